The van der Waals surface area contributed by atoms with Crippen LogP contribution in [0.25, 0.3) is 0 Å². The van der Waals surface area contributed by atoms with Crippen LogP contribution in [0.5, 0.6) is 0 Å². The third kappa shape index (κ3) is 2.69. The van der Waals surface area contributed by atoms with Crippen LogP contribution in [-0.2, 0) is 12.5 Å². The van der Waals surface area contributed by atoms with Crippen LogP contribution in [-0.4, -0.2) is 26.4 Å². The minimum Gasteiger partial charge on any atom is -0.169 e. The first-order chi connectivity index (χ1) is 8.80. The molecule has 0 N–H and O–H groups in total. The van der Waals surface area contributed by atoms with Crippen molar-refractivity contribution in [3.8, 4) is 0 Å². The lowest BCUT2D eigenvalue weighted by molar-refractivity contribution is -0.333. The second-order valence-electron chi connectivity index (χ2n) is 3.70. The van der Waals surface area contributed by atoms with E-state index in [1.165, 1.54) is 0 Å². The largest absolute Gasteiger partial charge is 0.479 e. The van der Waals surface area contributed by atoms with Gasteiger partial charge in [0.15, 0.2) is 5.82 Å². The summed E-state index contributed by atoms with van der Waals surface area (Å²) in [6, 6.07) is 3.31. The highest BCUT2D eigenvalue weighted by Crippen LogP contribution is 2.38. The lowest BCUT2D eigenvalue weighted by Gasteiger charge is -2.16. The molecule has 0 fully saturated rings. The molecule has 0 aliphatic heterocycles. The van der Waals surface area contributed by atoms with Crippen molar-refractivity contribution in [3.63, 3.8) is 0 Å². The summed E-state index contributed by atoms with van der Waals surface area (Å²) in [4.78, 5) is -0.717. The first kappa shape index (κ1) is 13.4. The van der Waals surface area contributed by atoms with Crippen molar-refractivity contribution in [1.82, 2.24) is 20.2 Å². The van der Waals surface area contributed by atoms with Crippen molar-refractivity contribution >= 4 is 0 Å². The van der Waals surface area contributed by atoms with E-state index in [4.69, 9.17) is 0 Å². The van der Waals surface area contributed by atoms with E-state index in [1.807, 2.05) is 0 Å². The Labute approximate surface area is 103 Å². The predicted octanol–water partition coefficient (Wildman–Crippen LogP) is 2.38. The number of aromatic nitrogens is 4. The monoisotopic (exact) mass is 278 g/mol. The molecule has 0 aliphatic rings. The summed E-state index contributed by atoms with van der Waals surface area (Å²) in [5.41, 5.74) is 0.678. The Kier molecular flexibility index (Phi) is 3.21. The van der Waals surface area contributed by atoms with Crippen LogP contribution >= 0.6 is 0 Å². The lowest BCUT2D eigenvalue weighted by Crippen LogP contribution is -2.41. The normalized spacial score (nSPS) is 12.7. The second kappa shape index (κ2) is 4.56. The van der Waals surface area contributed by atoms with E-state index in [1.54, 1.807) is 30.3 Å². The Balaban J connectivity index is 2.20. The molecule has 4 nitrogen and oxygen atoms in total. The molecule has 1 heterocycles. The number of rotatable bonds is 3. The molecule has 9 heteroatoms. The summed E-state index contributed by atoms with van der Waals surface area (Å²) < 4.78 is 62.0. The van der Waals surface area contributed by atoms with Gasteiger partial charge in [-0.1, -0.05) is 35.1 Å². The predicted molar refractivity (Wildman–Crippen MR) is 53.3 cm³/mol. The van der Waals surface area contributed by atoms with Gasteiger partial charge in [-0.2, -0.15) is 22.0 Å². The van der Waals surface area contributed by atoms with Crippen molar-refractivity contribution < 1.29 is 22.0 Å². The van der Waals surface area contributed by atoms with Gasteiger partial charge < -0.3 is 0 Å². The summed E-state index contributed by atoms with van der Waals surface area (Å²) in [6.45, 7) is 0. The first-order valence-corrected chi connectivity index (χ1v) is 5.08. The fourth-order valence-corrected chi connectivity index (χ4v) is 1.32. The fourth-order valence-electron chi connectivity index (χ4n) is 1.32. The molecule has 1 aromatic heterocycles. The number of nitrogens with zero attached hydrogens (tertiary/aromatic N) is 4. The van der Waals surface area contributed by atoms with Crippen molar-refractivity contribution in [2.24, 2.45) is 0 Å². The number of hydrogen-bond donors (Lipinski definition) is 0. The van der Waals surface area contributed by atoms with Gasteiger partial charge in [0.2, 0.25) is 0 Å². The topological polar surface area (TPSA) is 43.6 Å². The lowest BCUT2D eigenvalue weighted by atomic mass is 10.1. The van der Waals surface area contributed by atoms with Crippen LogP contribution in [0.15, 0.2) is 30.3 Å². The Hall–Kier alpha value is -2.06. The SMILES string of the molecule is FC(F)(F)C(F)(F)n1nnc(Cc2ccccc2)n1. The zero-order valence-electron chi connectivity index (χ0n) is 9.27. The van der Waals surface area contributed by atoms with E-state index >= 15 is 0 Å². The van der Waals surface area contributed by atoms with Crippen LogP contribution < -0.4 is 0 Å². The maximum Gasteiger partial charge on any atom is 0.479 e. The highest BCUT2D eigenvalue weighted by atomic mass is 19.4. The zero-order valence-corrected chi connectivity index (χ0v) is 9.27. The summed E-state index contributed by atoms with van der Waals surface area (Å²) in [5.74, 6) is -0.213. The molecule has 0 unspecified atom stereocenters. The van der Waals surface area contributed by atoms with Crippen LogP contribution in [0.2, 0.25) is 0 Å². The number of hydrogen-bond acceptors (Lipinski definition) is 3. The van der Waals surface area contributed by atoms with Gasteiger partial charge in [-0.25, -0.2) is 0 Å². The smallest absolute Gasteiger partial charge is 0.169 e. The average Bonchev–Trinajstić information content (AvgIpc) is 2.78. The summed E-state index contributed by atoms with van der Waals surface area (Å²) in [5, 5.41) is 9.02. The van der Waals surface area contributed by atoms with Crippen LogP contribution in [0.1, 0.15) is 11.4 Å². The van der Waals surface area contributed by atoms with Gasteiger partial charge in [0.25, 0.3) is 0 Å². The number of benzene rings is 1. The molecule has 0 atom stereocenters. The van der Waals surface area contributed by atoms with Gasteiger partial charge in [-0.3, -0.25) is 0 Å². The molecular weight excluding hydrogens is 271 g/mol. The standard InChI is InChI=1S/C10H7F5N4/c11-9(12,13)10(14,15)19-17-8(16-18-19)6-7-4-2-1-3-5-7/h1-5H,6H2. The van der Waals surface area contributed by atoms with E-state index in [-0.39, 0.29) is 12.2 Å². The second-order valence-corrected chi connectivity index (χ2v) is 3.70. The Morgan fingerprint density at radius 1 is 1.00 bits per heavy atom. The maximum absolute atomic E-state index is 12.9. The molecule has 0 spiro atoms. The first-order valence-electron chi connectivity index (χ1n) is 5.08. The quantitative estimate of drug-likeness (QED) is 0.810. The molecule has 0 saturated heterocycles. The van der Waals surface area contributed by atoms with E-state index in [0.717, 1.165) is 0 Å². The van der Waals surface area contributed by atoms with Gasteiger partial charge >= 0.3 is 12.2 Å². The molecular formula is C10H7F5N4. The number of halogens is 5. The molecule has 1 aromatic carbocycles. The van der Waals surface area contributed by atoms with Crippen LogP contribution in [0.4, 0.5) is 22.0 Å². The Morgan fingerprint density at radius 3 is 2.21 bits per heavy atom. The van der Waals surface area contributed by atoms with Crippen LogP contribution in [0.3, 0.4) is 0 Å². The highest BCUT2D eigenvalue weighted by Gasteiger charge is 2.61. The molecule has 2 rings (SSSR count). The minimum atomic E-state index is -5.77. The number of tetrazole rings is 1. The van der Waals surface area contributed by atoms with Crippen molar-refractivity contribution in [1.29, 1.82) is 0 Å². The molecule has 2 aromatic rings. The highest BCUT2D eigenvalue weighted by molar-refractivity contribution is 5.17. The minimum absolute atomic E-state index is 0.0226. The van der Waals surface area contributed by atoms with Gasteiger partial charge in [0.1, 0.15) is 0 Å². The van der Waals surface area contributed by atoms with Gasteiger partial charge in [-0.15, -0.1) is 10.2 Å². The molecule has 0 saturated carbocycles. The van der Waals surface area contributed by atoms with Gasteiger partial charge in [-0.05, 0) is 10.8 Å². The van der Waals surface area contributed by atoms with E-state index < -0.39 is 17.0 Å². The third-order valence-electron chi connectivity index (χ3n) is 2.25. The maximum atomic E-state index is 12.9. The van der Waals surface area contributed by atoms with Gasteiger partial charge in [0, 0.05) is 6.42 Å². The fraction of sp³-hybridized carbons (Fsp3) is 0.300. The van der Waals surface area contributed by atoms with Crippen molar-refractivity contribution in [2.75, 3.05) is 0 Å². The molecule has 102 valence electrons. The summed E-state index contributed by atoms with van der Waals surface area (Å²) in [7, 11) is 0. The van der Waals surface area contributed by atoms with Gasteiger partial charge in [0.05, 0.1) is 0 Å². The third-order valence-corrected chi connectivity index (χ3v) is 2.25. The molecule has 0 amide bonds. The van der Waals surface area contributed by atoms with Crippen LogP contribution in [0, 0.1) is 0 Å². The van der Waals surface area contributed by atoms with E-state index in [9.17, 15) is 22.0 Å². The summed E-state index contributed by atoms with van der Waals surface area (Å²) >= 11 is 0. The van der Waals surface area contributed by atoms with Crippen molar-refractivity contribution in [3.05, 3.63) is 41.7 Å². The average molecular weight is 278 g/mol. The number of alkyl halides is 5. The van der Waals surface area contributed by atoms with E-state index in [0.29, 0.717) is 5.56 Å². The molecule has 0 aliphatic carbocycles. The Morgan fingerprint density at radius 2 is 1.63 bits per heavy atom. The molecule has 19 heavy (non-hydrogen) atoms. The zero-order chi connectivity index (χ0) is 14.1. The summed E-state index contributed by atoms with van der Waals surface area (Å²) in [6.07, 6.45) is -5.74. The van der Waals surface area contributed by atoms with E-state index in [2.05, 4.69) is 15.4 Å². The molecule has 0 radical (unpaired) electrons. The molecule has 0 bridgehead atoms. The van der Waals surface area contributed by atoms with Crippen molar-refractivity contribution in [2.45, 2.75) is 18.6 Å². The Bertz CT molecular complexity index is 549.